The van der Waals surface area contributed by atoms with Gasteiger partial charge in [-0.2, -0.15) is 4.31 Å². The van der Waals surface area contributed by atoms with Crippen LogP contribution in [0.5, 0.6) is 11.5 Å². The predicted molar refractivity (Wildman–Crippen MR) is 107 cm³/mol. The topological polar surface area (TPSA) is 97.8 Å². The molecule has 156 valence electrons. The number of amides is 1. The Morgan fingerprint density at radius 1 is 1.21 bits per heavy atom. The van der Waals surface area contributed by atoms with Gasteiger partial charge in [0.1, 0.15) is 0 Å². The van der Waals surface area contributed by atoms with Crippen LogP contribution in [-0.2, 0) is 21.4 Å². The lowest BCUT2D eigenvalue weighted by Crippen LogP contribution is -2.45. The van der Waals surface area contributed by atoms with E-state index in [1.807, 2.05) is 18.2 Å². The van der Waals surface area contributed by atoms with Crippen molar-refractivity contribution in [1.29, 1.82) is 0 Å². The highest BCUT2D eigenvalue weighted by atomic mass is 32.2. The van der Waals surface area contributed by atoms with Gasteiger partial charge in [0.2, 0.25) is 15.9 Å². The van der Waals surface area contributed by atoms with Gasteiger partial charge in [-0.3, -0.25) is 9.78 Å². The van der Waals surface area contributed by atoms with Crippen LogP contribution in [0.25, 0.3) is 0 Å². The molecule has 9 heteroatoms. The second-order valence-corrected chi connectivity index (χ2v) is 8.70. The second kappa shape index (κ2) is 9.23. The number of pyridine rings is 1. The number of ether oxygens (including phenoxy) is 2. The first-order chi connectivity index (χ1) is 14.0. The van der Waals surface area contributed by atoms with Crippen LogP contribution >= 0.6 is 0 Å². The van der Waals surface area contributed by atoms with Crippen LogP contribution in [0.15, 0.2) is 47.5 Å². The minimum Gasteiger partial charge on any atom is -0.493 e. The van der Waals surface area contributed by atoms with Crippen LogP contribution < -0.4 is 14.8 Å². The molecule has 1 aliphatic rings. The lowest BCUT2D eigenvalue weighted by Gasteiger charge is -2.31. The summed E-state index contributed by atoms with van der Waals surface area (Å²) in [6.07, 6.45) is 2.93. The number of piperidine rings is 1. The minimum absolute atomic E-state index is 0.115. The fourth-order valence-corrected chi connectivity index (χ4v) is 4.87. The molecule has 1 fully saturated rings. The molecular weight excluding hydrogens is 394 g/mol. The van der Waals surface area contributed by atoms with E-state index in [2.05, 4.69) is 10.3 Å². The van der Waals surface area contributed by atoms with E-state index in [0.29, 0.717) is 37.4 Å². The third-order valence-electron chi connectivity index (χ3n) is 4.92. The van der Waals surface area contributed by atoms with Gasteiger partial charge in [-0.25, -0.2) is 8.42 Å². The smallest absolute Gasteiger partial charge is 0.243 e. The van der Waals surface area contributed by atoms with Crippen molar-refractivity contribution < 1.29 is 22.7 Å². The van der Waals surface area contributed by atoms with Crippen LogP contribution in [0.4, 0.5) is 0 Å². The zero-order valence-electron chi connectivity index (χ0n) is 16.5. The van der Waals surface area contributed by atoms with Crippen molar-refractivity contribution in [2.24, 2.45) is 5.92 Å². The maximum Gasteiger partial charge on any atom is 0.243 e. The zero-order valence-corrected chi connectivity index (χ0v) is 17.3. The molecule has 0 saturated carbocycles. The van der Waals surface area contributed by atoms with E-state index in [-0.39, 0.29) is 17.3 Å². The summed E-state index contributed by atoms with van der Waals surface area (Å²) in [5.74, 6) is 0.234. The predicted octanol–water partition coefficient (Wildman–Crippen LogP) is 1.82. The summed E-state index contributed by atoms with van der Waals surface area (Å²) in [6, 6.07) is 9.98. The Hall–Kier alpha value is -2.65. The highest BCUT2D eigenvalue weighted by Gasteiger charge is 2.33. The summed E-state index contributed by atoms with van der Waals surface area (Å²) in [5.41, 5.74) is 0.756. The van der Waals surface area contributed by atoms with Crippen molar-refractivity contribution in [2.45, 2.75) is 24.3 Å². The van der Waals surface area contributed by atoms with Gasteiger partial charge < -0.3 is 14.8 Å². The standard InChI is InChI=1S/C20H25N3O5S/c1-27-18-9-8-17(12-19(18)28-2)29(25,26)23-11-5-6-15(14-23)20(24)22-13-16-7-3-4-10-21-16/h3-4,7-10,12,15H,5-6,11,13-14H2,1-2H3,(H,22,24)/t15-/m1/s1. The Morgan fingerprint density at radius 2 is 2.00 bits per heavy atom. The lowest BCUT2D eigenvalue weighted by atomic mass is 9.99. The van der Waals surface area contributed by atoms with E-state index in [1.165, 1.54) is 30.7 Å². The quantitative estimate of drug-likeness (QED) is 0.735. The van der Waals surface area contributed by atoms with Gasteiger partial charge in [0.25, 0.3) is 0 Å². The number of benzene rings is 1. The Bertz CT molecular complexity index is 950. The number of rotatable bonds is 7. The Balaban J connectivity index is 1.70. The van der Waals surface area contributed by atoms with Crippen LogP contribution in [-0.4, -0.2) is 50.9 Å². The van der Waals surface area contributed by atoms with Crippen molar-refractivity contribution in [1.82, 2.24) is 14.6 Å². The number of hydrogen-bond acceptors (Lipinski definition) is 6. The molecule has 0 radical (unpaired) electrons. The molecule has 0 spiro atoms. The van der Waals surface area contributed by atoms with Gasteiger partial charge in [0, 0.05) is 25.4 Å². The fourth-order valence-electron chi connectivity index (χ4n) is 3.33. The Labute approximate surface area is 170 Å². The van der Waals surface area contributed by atoms with Crippen molar-refractivity contribution >= 4 is 15.9 Å². The number of hydrogen-bond donors (Lipinski definition) is 1. The first-order valence-corrected chi connectivity index (χ1v) is 10.8. The lowest BCUT2D eigenvalue weighted by molar-refractivity contribution is -0.126. The SMILES string of the molecule is COc1ccc(S(=O)(=O)N2CCC[C@@H](C(=O)NCc3ccccn3)C2)cc1OC. The van der Waals surface area contributed by atoms with E-state index in [1.54, 1.807) is 12.3 Å². The number of nitrogens with one attached hydrogen (secondary N) is 1. The first kappa shape index (κ1) is 21.1. The largest absolute Gasteiger partial charge is 0.493 e. The van der Waals surface area contributed by atoms with Crippen molar-refractivity contribution in [3.8, 4) is 11.5 Å². The summed E-state index contributed by atoms with van der Waals surface area (Å²) in [6.45, 7) is 0.837. The number of carbonyl (C=O) groups excluding carboxylic acids is 1. The zero-order chi connectivity index (χ0) is 20.9. The molecule has 8 nitrogen and oxygen atoms in total. The van der Waals surface area contributed by atoms with Gasteiger partial charge in [-0.1, -0.05) is 6.07 Å². The highest BCUT2D eigenvalue weighted by molar-refractivity contribution is 7.89. The Kier molecular flexibility index (Phi) is 6.71. The molecule has 1 amide bonds. The monoisotopic (exact) mass is 419 g/mol. The molecular formula is C20H25N3O5S. The van der Waals surface area contributed by atoms with E-state index >= 15 is 0 Å². The third kappa shape index (κ3) is 4.86. The maximum atomic E-state index is 13.1. The van der Waals surface area contributed by atoms with E-state index < -0.39 is 15.9 Å². The molecule has 1 atom stereocenters. The summed E-state index contributed by atoms with van der Waals surface area (Å²) >= 11 is 0. The van der Waals surface area contributed by atoms with Crippen LogP contribution in [0.2, 0.25) is 0 Å². The third-order valence-corrected chi connectivity index (χ3v) is 6.78. The fraction of sp³-hybridized carbons (Fsp3) is 0.400. The van der Waals surface area contributed by atoms with Crippen molar-refractivity contribution in [2.75, 3.05) is 27.3 Å². The van der Waals surface area contributed by atoms with Crippen molar-refractivity contribution in [3.05, 3.63) is 48.3 Å². The molecule has 0 bridgehead atoms. The van der Waals surface area contributed by atoms with E-state index in [0.717, 1.165) is 5.69 Å². The number of aromatic nitrogens is 1. The van der Waals surface area contributed by atoms with Gasteiger partial charge >= 0.3 is 0 Å². The summed E-state index contributed by atoms with van der Waals surface area (Å²) in [4.78, 5) is 16.9. The molecule has 0 aliphatic carbocycles. The molecule has 3 rings (SSSR count). The second-order valence-electron chi connectivity index (χ2n) is 6.76. The van der Waals surface area contributed by atoms with Crippen molar-refractivity contribution in [3.63, 3.8) is 0 Å². The molecule has 0 unspecified atom stereocenters. The molecule has 1 aliphatic heterocycles. The molecule has 2 aromatic rings. The minimum atomic E-state index is -3.75. The number of methoxy groups -OCH3 is 2. The molecule has 1 saturated heterocycles. The normalized spacial score (nSPS) is 17.5. The molecule has 1 aromatic carbocycles. The van der Waals surface area contributed by atoms with Crippen LogP contribution in [0, 0.1) is 5.92 Å². The number of nitrogens with zero attached hydrogens (tertiary/aromatic N) is 2. The average Bonchev–Trinajstić information content (AvgIpc) is 2.77. The maximum absolute atomic E-state index is 13.1. The molecule has 1 N–H and O–H groups in total. The molecule has 2 heterocycles. The average molecular weight is 420 g/mol. The number of sulfonamides is 1. The highest BCUT2D eigenvalue weighted by Crippen LogP contribution is 2.32. The molecule has 1 aromatic heterocycles. The number of carbonyl (C=O) groups is 1. The van der Waals surface area contributed by atoms with E-state index in [4.69, 9.17) is 9.47 Å². The van der Waals surface area contributed by atoms with Crippen LogP contribution in [0.1, 0.15) is 18.5 Å². The molecule has 29 heavy (non-hydrogen) atoms. The summed E-state index contributed by atoms with van der Waals surface area (Å²) < 4.78 is 37.9. The van der Waals surface area contributed by atoms with Gasteiger partial charge in [-0.05, 0) is 37.1 Å². The summed E-state index contributed by atoms with van der Waals surface area (Å²) in [7, 11) is -0.801. The van der Waals surface area contributed by atoms with Gasteiger partial charge in [0.05, 0.1) is 37.3 Å². The van der Waals surface area contributed by atoms with Crippen LogP contribution in [0.3, 0.4) is 0 Å². The van der Waals surface area contributed by atoms with Gasteiger partial charge in [-0.15, -0.1) is 0 Å². The summed E-state index contributed by atoms with van der Waals surface area (Å²) in [5, 5.41) is 2.85. The van der Waals surface area contributed by atoms with Gasteiger partial charge in [0.15, 0.2) is 11.5 Å². The first-order valence-electron chi connectivity index (χ1n) is 9.35. The van der Waals surface area contributed by atoms with E-state index in [9.17, 15) is 13.2 Å². The Morgan fingerprint density at radius 3 is 2.69 bits per heavy atom.